The second-order valence-electron chi connectivity index (χ2n) is 8.28. The van der Waals surface area contributed by atoms with Crippen molar-refractivity contribution in [3.63, 3.8) is 0 Å². The number of benzene rings is 2. The van der Waals surface area contributed by atoms with Gasteiger partial charge in [-0.2, -0.15) is 0 Å². The molecule has 1 fully saturated rings. The van der Waals surface area contributed by atoms with Crippen LogP contribution >= 0.6 is 0 Å². The molecule has 1 aliphatic rings. The molecule has 2 heterocycles. The molecule has 1 amide bonds. The molecule has 4 rings (SSSR count). The van der Waals surface area contributed by atoms with E-state index in [1.165, 1.54) is 11.8 Å². The molecule has 0 unspecified atom stereocenters. The number of aromatic nitrogens is 1. The maximum atomic E-state index is 12.5. The van der Waals surface area contributed by atoms with Gasteiger partial charge in [0.1, 0.15) is 12.0 Å². The van der Waals surface area contributed by atoms with E-state index in [1.54, 1.807) is 7.11 Å². The molecule has 7 nitrogen and oxygen atoms in total. The van der Waals surface area contributed by atoms with Crippen LogP contribution in [0.3, 0.4) is 0 Å². The first-order chi connectivity index (χ1) is 16.1. The minimum Gasteiger partial charge on any atom is -0.496 e. The molecule has 3 aromatic rings. The highest BCUT2D eigenvalue weighted by atomic mass is 16.5. The summed E-state index contributed by atoms with van der Waals surface area (Å²) in [6.07, 6.45) is 3.52. The Labute approximate surface area is 194 Å². The number of ether oxygens (including phenoxy) is 2. The molecule has 0 radical (unpaired) electrons. The third kappa shape index (κ3) is 6.00. The second kappa shape index (κ2) is 11.1. The minimum atomic E-state index is -0.243. The van der Waals surface area contributed by atoms with Crippen molar-refractivity contribution in [2.24, 2.45) is 0 Å². The smallest absolute Gasteiger partial charge is 0.273 e. The van der Waals surface area contributed by atoms with Crippen LogP contribution in [-0.2, 0) is 17.8 Å². The van der Waals surface area contributed by atoms with Crippen molar-refractivity contribution in [2.45, 2.75) is 45.0 Å². The fourth-order valence-corrected chi connectivity index (χ4v) is 4.09. The number of carbonyl (C=O) groups excluding carboxylic acids is 1. The molecule has 33 heavy (non-hydrogen) atoms. The van der Waals surface area contributed by atoms with E-state index in [9.17, 15) is 4.79 Å². The average Bonchev–Trinajstić information content (AvgIpc) is 3.55. The van der Waals surface area contributed by atoms with Crippen LogP contribution in [-0.4, -0.2) is 42.2 Å². The molecule has 0 spiro atoms. The first-order valence-corrected chi connectivity index (χ1v) is 11.4. The first kappa shape index (κ1) is 23.0. The van der Waals surface area contributed by atoms with Crippen LogP contribution in [0.4, 0.5) is 0 Å². The van der Waals surface area contributed by atoms with Crippen LogP contribution in [0.15, 0.2) is 65.3 Å². The summed E-state index contributed by atoms with van der Waals surface area (Å²) in [4.78, 5) is 19.2. The van der Waals surface area contributed by atoms with Gasteiger partial charge in [-0.05, 0) is 31.4 Å². The van der Waals surface area contributed by atoms with E-state index in [1.807, 2.05) is 36.4 Å². The highest BCUT2D eigenvalue weighted by molar-refractivity contribution is 5.91. The fourth-order valence-electron chi connectivity index (χ4n) is 4.09. The number of methoxy groups -OCH3 is 1. The summed E-state index contributed by atoms with van der Waals surface area (Å²) in [7, 11) is 1.68. The van der Waals surface area contributed by atoms with Gasteiger partial charge in [-0.1, -0.05) is 48.5 Å². The summed E-state index contributed by atoms with van der Waals surface area (Å²) in [5.41, 5.74) is 2.55. The van der Waals surface area contributed by atoms with Gasteiger partial charge in [0.25, 0.3) is 5.91 Å². The Bertz CT molecular complexity index is 1030. The predicted octanol–water partition coefficient (Wildman–Crippen LogP) is 4.36. The maximum Gasteiger partial charge on any atom is 0.273 e. The Morgan fingerprint density at radius 2 is 1.97 bits per heavy atom. The topological polar surface area (TPSA) is 76.8 Å². The Morgan fingerprint density at radius 3 is 2.73 bits per heavy atom. The average molecular weight is 450 g/mol. The van der Waals surface area contributed by atoms with E-state index < -0.39 is 0 Å². The van der Waals surface area contributed by atoms with Crippen LogP contribution in [0.2, 0.25) is 0 Å². The van der Waals surface area contributed by atoms with Crippen molar-refractivity contribution in [1.82, 2.24) is 15.2 Å². The molecule has 2 atom stereocenters. The molecular formula is C26H31N3O4. The van der Waals surface area contributed by atoms with Crippen LogP contribution in [0.5, 0.6) is 5.75 Å². The molecule has 7 heteroatoms. The van der Waals surface area contributed by atoms with E-state index in [0.29, 0.717) is 25.5 Å². The molecule has 0 bridgehead atoms. The van der Waals surface area contributed by atoms with Crippen LogP contribution in [0, 0.1) is 0 Å². The predicted molar refractivity (Wildman–Crippen MR) is 125 cm³/mol. The maximum absolute atomic E-state index is 12.5. The van der Waals surface area contributed by atoms with Crippen molar-refractivity contribution >= 4 is 5.91 Å². The van der Waals surface area contributed by atoms with Gasteiger partial charge in [0.15, 0.2) is 5.69 Å². The Balaban J connectivity index is 1.48. The van der Waals surface area contributed by atoms with Crippen LogP contribution in [0.25, 0.3) is 0 Å². The second-order valence-corrected chi connectivity index (χ2v) is 8.28. The lowest BCUT2D eigenvalue weighted by atomic mass is 10.1. The van der Waals surface area contributed by atoms with Crippen LogP contribution < -0.4 is 10.1 Å². The first-order valence-electron chi connectivity index (χ1n) is 11.4. The number of oxazole rings is 1. The Hall–Kier alpha value is -3.16. The molecule has 1 aliphatic heterocycles. The number of para-hydroxylation sites is 1. The summed E-state index contributed by atoms with van der Waals surface area (Å²) in [6.45, 7) is 4.50. The number of hydrogen-bond donors (Lipinski definition) is 1. The SMILES string of the molecule is COc1ccccc1CN(Cc1nc(C(=O)NC[C@@H]2CCCO2)co1)[C@@H](C)c1ccccc1. The number of nitrogens with one attached hydrogen (secondary N) is 1. The normalized spacial score (nSPS) is 16.6. The highest BCUT2D eigenvalue weighted by Gasteiger charge is 2.22. The van der Waals surface area contributed by atoms with Gasteiger partial charge >= 0.3 is 0 Å². The zero-order valence-corrected chi connectivity index (χ0v) is 19.2. The highest BCUT2D eigenvalue weighted by Crippen LogP contribution is 2.27. The van der Waals surface area contributed by atoms with Gasteiger partial charge in [-0.15, -0.1) is 0 Å². The molecular weight excluding hydrogens is 418 g/mol. The third-order valence-electron chi connectivity index (χ3n) is 6.03. The van der Waals surface area contributed by atoms with Crippen LogP contribution in [0.1, 0.15) is 53.3 Å². The van der Waals surface area contributed by atoms with E-state index in [-0.39, 0.29) is 23.7 Å². The lowest BCUT2D eigenvalue weighted by molar-refractivity contribution is 0.0853. The monoisotopic (exact) mass is 449 g/mol. The van der Waals surface area contributed by atoms with Crippen molar-refractivity contribution in [3.8, 4) is 5.75 Å². The molecule has 174 valence electrons. The third-order valence-corrected chi connectivity index (χ3v) is 6.03. The van der Waals surface area contributed by atoms with Crippen molar-refractivity contribution in [1.29, 1.82) is 0 Å². The Morgan fingerprint density at radius 1 is 1.18 bits per heavy atom. The van der Waals surface area contributed by atoms with E-state index in [2.05, 4.69) is 40.3 Å². The zero-order chi connectivity index (χ0) is 23.0. The lowest BCUT2D eigenvalue weighted by Crippen LogP contribution is -2.32. The Kier molecular flexibility index (Phi) is 7.75. The molecule has 1 aromatic heterocycles. The number of nitrogens with zero attached hydrogens (tertiary/aromatic N) is 2. The van der Waals surface area contributed by atoms with Crippen molar-refractivity contribution in [3.05, 3.63) is 83.6 Å². The number of hydrogen-bond acceptors (Lipinski definition) is 6. The van der Waals surface area contributed by atoms with Crippen molar-refractivity contribution < 1.29 is 18.7 Å². The summed E-state index contributed by atoms with van der Waals surface area (Å²) < 4.78 is 16.8. The molecule has 0 aliphatic carbocycles. The number of amides is 1. The zero-order valence-electron chi connectivity index (χ0n) is 19.2. The van der Waals surface area contributed by atoms with E-state index in [4.69, 9.17) is 13.9 Å². The summed E-state index contributed by atoms with van der Waals surface area (Å²) >= 11 is 0. The summed E-state index contributed by atoms with van der Waals surface area (Å²) in [5, 5.41) is 2.89. The van der Waals surface area contributed by atoms with E-state index in [0.717, 1.165) is 30.8 Å². The number of rotatable bonds is 10. The van der Waals surface area contributed by atoms with Gasteiger partial charge in [0.05, 0.1) is 19.8 Å². The minimum absolute atomic E-state index is 0.0865. The molecule has 1 N–H and O–H groups in total. The van der Waals surface area contributed by atoms with Gasteiger partial charge < -0.3 is 19.2 Å². The summed E-state index contributed by atoms with van der Waals surface area (Å²) in [6, 6.07) is 18.4. The molecule has 2 aromatic carbocycles. The van der Waals surface area contributed by atoms with Crippen molar-refractivity contribution in [2.75, 3.05) is 20.3 Å². The largest absolute Gasteiger partial charge is 0.496 e. The van der Waals surface area contributed by atoms with Gasteiger partial charge in [-0.25, -0.2) is 4.98 Å². The number of carbonyl (C=O) groups is 1. The van der Waals surface area contributed by atoms with E-state index >= 15 is 0 Å². The van der Waals surface area contributed by atoms with Gasteiger partial charge in [0.2, 0.25) is 5.89 Å². The standard InChI is InChI=1S/C26H31N3O4/c1-19(20-9-4-3-5-10-20)29(16-21-11-6-7-13-24(21)31-2)17-25-28-23(18-33-25)26(30)27-15-22-12-8-14-32-22/h3-7,9-11,13,18-19,22H,8,12,14-17H2,1-2H3,(H,27,30)/t19-,22-/m0/s1. The van der Waals surface area contributed by atoms with Gasteiger partial charge in [0, 0.05) is 31.3 Å². The fraction of sp³-hybridized carbons (Fsp3) is 0.385. The molecule has 0 saturated carbocycles. The lowest BCUT2D eigenvalue weighted by Gasteiger charge is -2.29. The molecule has 1 saturated heterocycles. The summed E-state index contributed by atoms with van der Waals surface area (Å²) in [5.74, 6) is 1.09. The quantitative estimate of drug-likeness (QED) is 0.496. The van der Waals surface area contributed by atoms with Gasteiger partial charge in [-0.3, -0.25) is 9.69 Å².